The number of carbonyl (C=O) groups is 1. The van der Waals surface area contributed by atoms with Crippen LogP contribution in [0.3, 0.4) is 0 Å². The minimum Gasteiger partial charge on any atom is -0.382 e. The fraction of sp³-hybridized carbons (Fsp3) is 0.281. The molecule has 3 N–H and O–H groups in total. The molecule has 4 aromatic heterocycles. The van der Waals surface area contributed by atoms with E-state index in [1.807, 2.05) is 48.5 Å². The van der Waals surface area contributed by atoms with E-state index >= 15 is 0 Å². The van der Waals surface area contributed by atoms with Crippen molar-refractivity contribution in [1.29, 1.82) is 0 Å². The van der Waals surface area contributed by atoms with Gasteiger partial charge in [-0.25, -0.2) is 18.4 Å². The van der Waals surface area contributed by atoms with Crippen LogP contribution >= 0.6 is 0 Å². The summed E-state index contributed by atoms with van der Waals surface area (Å²) in [5, 5.41) is 7.35. The third kappa shape index (κ3) is 4.84. The molecule has 7 rings (SSSR count). The molecule has 2 saturated heterocycles. The average molecular weight is 609 g/mol. The second kappa shape index (κ2) is 10.7. The Kier molecular flexibility index (Phi) is 6.80. The van der Waals surface area contributed by atoms with Crippen LogP contribution in [0.15, 0.2) is 78.1 Å². The molecule has 11 nitrogen and oxygen atoms in total. The molecule has 224 valence electrons. The van der Waals surface area contributed by atoms with Crippen molar-refractivity contribution in [2.75, 3.05) is 22.2 Å². The van der Waals surface area contributed by atoms with E-state index in [9.17, 15) is 13.2 Å². The summed E-state index contributed by atoms with van der Waals surface area (Å²) in [7, 11) is -3.73. The Balaban J connectivity index is 1.28. The highest BCUT2D eigenvalue weighted by Gasteiger charge is 2.44. The van der Waals surface area contributed by atoms with Crippen LogP contribution in [0.25, 0.3) is 28.0 Å². The monoisotopic (exact) mass is 608 g/mol. The Morgan fingerprint density at radius 3 is 2.36 bits per heavy atom. The summed E-state index contributed by atoms with van der Waals surface area (Å²) in [6, 6.07) is 17.7. The molecule has 0 aliphatic carbocycles. The number of nitrogen functional groups attached to an aromatic ring is 1. The molecule has 0 radical (unpaired) electrons. The number of aromatic nitrogens is 5. The Labute approximate surface area is 255 Å². The van der Waals surface area contributed by atoms with Gasteiger partial charge in [-0.05, 0) is 43.9 Å². The lowest BCUT2D eigenvalue weighted by Gasteiger charge is -2.40. The van der Waals surface area contributed by atoms with E-state index in [0.29, 0.717) is 29.9 Å². The summed E-state index contributed by atoms with van der Waals surface area (Å²) in [5.41, 5.74) is 11.6. The molecule has 1 aromatic carbocycles. The van der Waals surface area contributed by atoms with E-state index in [2.05, 4.69) is 25.3 Å². The van der Waals surface area contributed by atoms with E-state index in [4.69, 9.17) is 10.7 Å². The Hall–Kier alpha value is -4.84. The van der Waals surface area contributed by atoms with Crippen LogP contribution in [0.2, 0.25) is 0 Å². The molecule has 2 aliphatic heterocycles. The van der Waals surface area contributed by atoms with Crippen molar-refractivity contribution in [3.05, 3.63) is 78.9 Å². The zero-order valence-corrected chi connectivity index (χ0v) is 25.2. The first-order chi connectivity index (χ1) is 21.2. The van der Waals surface area contributed by atoms with Gasteiger partial charge in [-0.3, -0.25) is 9.78 Å². The number of rotatable bonds is 6. The normalized spacial score (nSPS) is 19.8. The second-order valence-electron chi connectivity index (χ2n) is 11.6. The maximum Gasteiger partial charge on any atom is 0.221 e. The van der Waals surface area contributed by atoms with Gasteiger partial charge in [0, 0.05) is 60.3 Å². The molecule has 2 atom stereocenters. The average Bonchev–Trinajstić information content (AvgIpc) is 3.54. The molecular weight excluding hydrogens is 576 g/mol. The summed E-state index contributed by atoms with van der Waals surface area (Å²) in [5.74, 6) is 0.494. The summed E-state index contributed by atoms with van der Waals surface area (Å²) in [4.78, 5) is 28.5. The highest BCUT2D eigenvalue weighted by molar-refractivity contribution is 7.91. The van der Waals surface area contributed by atoms with E-state index in [1.54, 1.807) is 24.7 Å². The number of piperidine rings is 1. The van der Waals surface area contributed by atoms with E-state index in [-0.39, 0.29) is 34.6 Å². The van der Waals surface area contributed by atoms with Crippen molar-refractivity contribution < 1.29 is 13.2 Å². The largest absolute Gasteiger partial charge is 0.382 e. The highest BCUT2D eigenvalue weighted by atomic mass is 32.2. The van der Waals surface area contributed by atoms with Crippen molar-refractivity contribution in [3.63, 3.8) is 0 Å². The number of anilines is 3. The van der Waals surface area contributed by atoms with Gasteiger partial charge in [-0.2, -0.15) is 9.61 Å². The molecule has 5 aromatic rings. The number of amides is 1. The number of nitrogens with one attached hydrogen (secondary N) is 1. The van der Waals surface area contributed by atoms with Gasteiger partial charge in [0.05, 0.1) is 23.3 Å². The summed E-state index contributed by atoms with van der Waals surface area (Å²) < 4.78 is 27.8. The molecule has 2 aliphatic rings. The first-order valence-corrected chi connectivity index (χ1v) is 16.5. The minimum atomic E-state index is -3.73. The van der Waals surface area contributed by atoms with E-state index < -0.39 is 9.84 Å². The molecule has 0 spiro atoms. The van der Waals surface area contributed by atoms with Crippen LogP contribution in [-0.4, -0.2) is 57.2 Å². The minimum absolute atomic E-state index is 0.0341. The second-order valence-corrected chi connectivity index (χ2v) is 13.5. The molecule has 0 saturated carbocycles. The number of sulfone groups is 1. The van der Waals surface area contributed by atoms with Gasteiger partial charge in [-0.1, -0.05) is 36.4 Å². The highest BCUT2D eigenvalue weighted by Crippen LogP contribution is 2.47. The number of nitrogens with zero attached hydrogens (tertiary/aromatic N) is 6. The van der Waals surface area contributed by atoms with Crippen LogP contribution < -0.4 is 16.0 Å². The van der Waals surface area contributed by atoms with Crippen molar-refractivity contribution in [2.24, 2.45) is 0 Å². The SMILES string of the molecule is CC(=O)Nc1cccnc1N1C2CCC1CC(c1nc3c(-c4ccc(-c5ccccc5)nc4)cnn3c(N)c1S(C)(=O)=O)C2. The number of hydrogen-bond donors (Lipinski definition) is 2. The van der Waals surface area contributed by atoms with Gasteiger partial charge >= 0.3 is 0 Å². The number of hydrogen-bond acceptors (Lipinski definition) is 9. The smallest absolute Gasteiger partial charge is 0.221 e. The molecular formula is C32H32N8O3S. The number of benzene rings is 1. The van der Waals surface area contributed by atoms with Crippen molar-refractivity contribution in [1.82, 2.24) is 24.6 Å². The number of fused-ring (bicyclic) bond motifs is 3. The maximum absolute atomic E-state index is 13.2. The van der Waals surface area contributed by atoms with Gasteiger partial charge in [-0.15, -0.1) is 0 Å². The zero-order chi connectivity index (χ0) is 30.6. The molecule has 2 unspecified atom stereocenters. The van der Waals surface area contributed by atoms with Crippen LogP contribution in [0.5, 0.6) is 0 Å². The van der Waals surface area contributed by atoms with Gasteiger partial charge in [0.25, 0.3) is 0 Å². The molecule has 2 fully saturated rings. The molecule has 2 bridgehead atoms. The lowest BCUT2D eigenvalue weighted by Crippen LogP contribution is -2.43. The van der Waals surface area contributed by atoms with Gasteiger partial charge < -0.3 is 16.0 Å². The molecule has 6 heterocycles. The predicted molar refractivity (Wildman–Crippen MR) is 169 cm³/mol. The lowest BCUT2D eigenvalue weighted by atomic mass is 9.87. The van der Waals surface area contributed by atoms with Gasteiger partial charge in [0.15, 0.2) is 21.3 Å². The third-order valence-corrected chi connectivity index (χ3v) is 9.80. The topological polar surface area (TPSA) is 148 Å². The van der Waals surface area contributed by atoms with Crippen LogP contribution in [0.1, 0.15) is 44.2 Å². The standard InChI is InChI=1S/C32H32N8O3S/c1-19(41)37-27-9-6-14-34-32(27)39-23-11-12-24(39)16-22(15-23)28-29(44(2,42)43)30(33)40-31(38-28)25(18-36-40)21-10-13-26(35-17-21)20-7-4-3-5-8-20/h3-10,13-14,17-18,22-24H,11-12,15-16,33H2,1-2H3,(H,37,41). The quantitative estimate of drug-likeness (QED) is 0.279. The number of nitrogens with two attached hydrogens (primary N) is 1. The Morgan fingerprint density at radius 2 is 1.70 bits per heavy atom. The first kappa shape index (κ1) is 28.0. The predicted octanol–water partition coefficient (Wildman–Crippen LogP) is 4.71. The van der Waals surface area contributed by atoms with Crippen LogP contribution in [0.4, 0.5) is 17.3 Å². The van der Waals surface area contributed by atoms with Crippen molar-refractivity contribution >= 4 is 38.7 Å². The number of carbonyl (C=O) groups excluding carboxylic acids is 1. The summed E-state index contributed by atoms with van der Waals surface area (Å²) in [6.45, 7) is 1.48. The molecule has 44 heavy (non-hydrogen) atoms. The first-order valence-electron chi connectivity index (χ1n) is 14.6. The summed E-state index contributed by atoms with van der Waals surface area (Å²) in [6.07, 6.45) is 9.55. The van der Waals surface area contributed by atoms with Crippen LogP contribution in [-0.2, 0) is 14.6 Å². The third-order valence-electron chi connectivity index (χ3n) is 8.64. The van der Waals surface area contributed by atoms with E-state index in [1.165, 1.54) is 17.7 Å². The maximum atomic E-state index is 13.2. The number of pyridine rings is 2. The van der Waals surface area contributed by atoms with E-state index in [0.717, 1.165) is 41.0 Å². The van der Waals surface area contributed by atoms with Crippen LogP contribution in [0, 0.1) is 0 Å². The zero-order valence-electron chi connectivity index (χ0n) is 24.4. The fourth-order valence-electron chi connectivity index (χ4n) is 6.85. The van der Waals surface area contributed by atoms with Gasteiger partial charge in [0.1, 0.15) is 10.7 Å². The Morgan fingerprint density at radius 1 is 0.955 bits per heavy atom. The van der Waals surface area contributed by atoms with Crippen molar-refractivity contribution in [2.45, 2.75) is 55.5 Å². The molecule has 12 heteroatoms. The molecule has 1 amide bonds. The summed E-state index contributed by atoms with van der Waals surface area (Å²) >= 11 is 0. The Bertz CT molecular complexity index is 1980. The van der Waals surface area contributed by atoms with Gasteiger partial charge in [0.2, 0.25) is 5.91 Å². The fourth-order valence-corrected chi connectivity index (χ4v) is 7.91. The van der Waals surface area contributed by atoms with Crippen molar-refractivity contribution in [3.8, 4) is 22.4 Å². The lowest BCUT2D eigenvalue weighted by molar-refractivity contribution is -0.114.